The molecule has 0 aromatic heterocycles. The van der Waals surface area contributed by atoms with E-state index in [1.165, 1.54) is 16.7 Å². The van der Waals surface area contributed by atoms with Crippen LogP contribution in [0.4, 0.5) is 0 Å². The van der Waals surface area contributed by atoms with Gasteiger partial charge in [0, 0.05) is 38.5 Å². The van der Waals surface area contributed by atoms with Crippen LogP contribution in [0.15, 0.2) is 54.6 Å². The predicted molar refractivity (Wildman–Crippen MR) is 132 cm³/mol. The van der Waals surface area contributed by atoms with Crippen LogP contribution in [0.1, 0.15) is 49.8 Å². The molecule has 0 spiro atoms. The average Bonchev–Trinajstić information content (AvgIpc) is 2.71. The second kappa shape index (κ2) is 11.4. The van der Waals surface area contributed by atoms with Gasteiger partial charge in [-0.2, -0.15) is 0 Å². The summed E-state index contributed by atoms with van der Waals surface area (Å²) in [6.07, 6.45) is 0.486. The van der Waals surface area contributed by atoms with Crippen LogP contribution >= 0.6 is 0 Å². The van der Waals surface area contributed by atoms with E-state index in [1.807, 2.05) is 11.0 Å². The highest BCUT2D eigenvalue weighted by atomic mass is 16.2. The molecule has 0 aliphatic heterocycles. The van der Waals surface area contributed by atoms with E-state index < -0.39 is 0 Å². The van der Waals surface area contributed by atoms with Crippen molar-refractivity contribution < 1.29 is 4.79 Å². The van der Waals surface area contributed by atoms with Crippen molar-refractivity contribution in [1.29, 1.82) is 0 Å². The van der Waals surface area contributed by atoms with Crippen molar-refractivity contribution in [3.63, 3.8) is 0 Å². The van der Waals surface area contributed by atoms with Crippen LogP contribution in [0, 0.1) is 0 Å². The Bertz CT molecular complexity index is 779. The summed E-state index contributed by atoms with van der Waals surface area (Å²) in [4.78, 5) is 19.7. The molecule has 0 aliphatic carbocycles. The number of benzene rings is 2. The zero-order valence-electron chi connectivity index (χ0n) is 20.6. The molecule has 0 saturated carbocycles. The first kappa shape index (κ1) is 25.1. The van der Waals surface area contributed by atoms with E-state index in [9.17, 15) is 4.79 Å². The normalized spacial score (nSPS) is 12.9. The monoisotopic (exact) mass is 423 g/mol. The molecule has 0 heterocycles. The van der Waals surface area contributed by atoms with Crippen LogP contribution in [0.25, 0.3) is 0 Å². The fourth-order valence-corrected chi connectivity index (χ4v) is 3.64. The number of nitrogens with zero attached hydrogens (tertiary/aromatic N) is 3. The lowest BCUT2D eigenvalue weighted by molar-refractivity contribution is -0.131. The first-order valence-electron chi connectivity index (χ1n) is 11.3. The Labute approximate surface area is 189 Å². The fourth-order valence-electron chi connectivity index (χ4n) is 3.64. The van der Waals surface area contributed by atoms with Gasteiger partial charge in [-0.3, -0.25) is 4.79 Å². The number of hydrogen-bond donors (Lipinski definition) is 0. The molecular weight excluding hydrogens is 382 g/mol. The zero-order valence-corrected chi connectivity index (χ0v) is 20.6. The third-order valence-electron chi connectivity index (χ3n) is 5.75. The molecule has 4 nitrogen and oxygen atoms in total. The van der Waals surface area contributed by atoms with Gasteiger partial charge in [0.15, 0.2) is 0 Å². The minimum atomic E-state index is 0.0592. The molecular formula is C27H41N3O. The maximum absolute atomic E-state index is 13.4. The molecule has 31 heavy (non-hydrogen) atoms. The number of carbonyl (C=O) groups is 1. The van der Waals surface area contributed by atoms with Gasteiger partial charge < -0.3 is 14.7 Å². The Morgan fingerprint density at radius 3 is 1.68 bits per heavy atom. The van der Waals surface area contributed by atoms with Gasteiger partial charge in [0.2, 0.25) is 5.91 Å². The van der Waals surface area contributed by atoms with Gasteiger partial charge in [0.25, 0.3) is 0 Å². The Morgan fingerprint density at radius 2 is 1.23 bits per heavy atom. The van der Waals surface area contributed by atoms with E-state index in [1.54, 1.807) is 0 Å². The molecule has 0 saturated heterocycles. The molecule has 170 valence electrons. The number of likely N-dealkylation sites (N-methyl/N-ethyl adjacent to an activating group) is 2. The summed E-state index contributed by atoms with van der Waals surface area (Å²) < 4.78 is 0. The molecule has 0 N–H and O–H groups in total. The summed E-state index contributed by atoms with van der Waals surface area (Å²) in [5, 5.41) is 0. The van der Waals surface area contributed by atoms with Gasteiger partial charge in [-0.15, -0.1) is 0 Å². The van der Waals surface area contributed by atoms with Crippen LogP contribution < -0.4 is 0 Å². The average molecular weight is 424 g/mol. The van der Waals surface area contributed by atoms with Gasteiger partial charge >= 0.3 is 0 Å². The van der Waals surface area contributed by atoms with Crippen molar-refractivity contribution in [2.24, 2.45) is 0 Å². The van der Waals surface area contributed by atoms with Gasteiger partial charge in [-0.1, -0.05) is 75.4 Å². The van der Waals surface area contributed by atoms with Crippen LogP contribution in [0.2, 0.25) is 0 Å². The van der Waals surface area contributed by atoms with Crippen molar-refractivity contribution in [1.82, 2.24) is 14.7 Å². The largest absolute Gasteiger partial charge is 0.340 e. The number of rotatable bonds is 10. The molecule has 0 radical (unpaired) electrons. The summed E-state index contributed by atoms with van der Waals surface area (Å²) in [6.45, 7) is 9.94. The van der Waals surface area contributed by atoms with E-state index in [0.717, 1.165) is 26.2 Å². The van der Waals surface area contributed by atoms with Gasteiger partial charge in [0.05, 0.1) is 0 Å². The molecule has 2 rings (SSSR count). The van der Waals surface area contributed by atoms with Crippen LogP contribution in [0.5, 0.6) is 0 Å². The zero-order chi connectivity index (χ0) is 23.0. The second-order valence-electron chi connectivity index (χ2n) is 10.0. The quantitative estimate of drug-likeness (QED) is 0.565. The molecule has 1 atom stereocenters. The predicted octanol–water partition coefficient (Wildman–Crippen LogP) is 4.46. The molecule has 2 aromatic rings. The smallest absolute Gasteiger partial charge is 0.223 e. The third kappa shape index (κ3) is 8.12. The van der Waals surface area contributed by atoms with E-state index in [-0.39, 0.29) is 17.2 Å². The van der Waals surface area contributed by atoms with Crippen molar-refractivity contribution in [2.75, 3.05) is 54.4 Å². The highest BCUT2D eigenvalue weighted by Gasteiger charge is 2.23. The maximum Gasteiger partial charge on any atom is 0.223 e. The summed E-state index contributed by atoms with van der Waals surface area (Å²) in [7, 11) is 8.21. The first-order valence-corrected chi connectivity index (χ1v) is 11.3. The van der Waals surface area contributed by atoms with Gasteiger partial charge in [-0.25, -0.2) is 0 Å². The molecule has 0 fully saturated rings. The third-order valence-corrected chi connectivity index (χ3v) is 5.75. The standard InChI is InChI=1S/C27H41N3O/c1-27(2,3)24-15-13-23(14-16-24)25(22-11-9-8-10-12-22)21-26(31)30(19-17-28(4)5)20-18-29(6)7/h8-16,25H,17-21H2,1-7H3. The van der Waals surface area contributed by atoms with Crippen molar-refractivity contribution in [3.8, 4) is 0 Å². The van der Waals surface area contributed by atoms with E-state index >= 15 is 0 Å². The highest BCUT2D eigenvalue weighted by molar-refractivity contribution is 5.78. The van der Waals surface area contributed by atoms with Crippen molar-refractivity contribution in [2.45, 2.75) is 38.5 Å². The Morgan fingerprint density at radius 1 is 0.742 bits per heavy atom. The highest BCUT2D eigenvalue weighted by Crippen LogP contribution is 2.31. The SMILES string of the molecule is CN(C)CCN(CCN(C)C)C(=O)CC(c1ccccc1)c1ccc(C(C)(C)C)cc1. The van der Waals surface area contributed by atoms with E-state index in [0.29, 0.717) is 6.42 Å². The Balaban J connectivity index is 2.28. The molecule has 1 amide bonds. The lowest BCUT2D eigenvalue weighted by atomic mass is 9.83. The lowest BCUT2D eigenvalue weighted by Crippen LogP contribution is -2.41. The van der Waals surface area contributed by atoms with Crippen LogP contribution in [-0.2, 0) is 10.2 Å². The second-order valence-corrected chi connectivity index (χ2v) is 10.0. The van der Waals surface area contributed by atoms with Crippen molar-refractivity contribution in [3.05, 3.63) is 71.3 Å². The van der Waals surface area contributed by atoms with Gasteiger partial charge in [-0.05, 0) is 50.3 Å². The fraction of sp³-hybridized carbons (Fsp3) is 0.519. The first-order chi connectivity index (χ1) is 14.6. The minimum Gasteiger partial charge on any atom is -0.340 e. The molecule has 1 unspecified atom stereocenters. The number of amides is 1. The Kier molecular flexibility index (Phi) is 9.27. The number of carbonyl (C=O) groups excluding carboxylic acids is 1. The van der Waals surface area contributed by atoms with Crippen LogP contribution in [-0.4, -0.2) is 75.0 Å². The molecule has 0 bridgehead atoms. The number of hydrogen-bond acceptors (Lipinski definition) is 3. The van der Waals surface area contributed by atoms with E-state index in [2.05, 4.69) is 107 Å². The molecule has 4 heteroatoms. The van der Waals surface area contributed by atoms with E-state index in [4.69, 9.17) is 0 Å². The summed E-state index contributed by atoms with van der Waals surface area (Å²) >= 11 is 0. The topological polar surface area (TPSA) is 26.8 Å². The summed E-state index contributed by atoms with van der Waals surface area (Å²) in [6, 6.07) is 19.3. The summed E-state index contributed by atoms with van der Waals surface area (Å²) in [5.41, 5.74) is 3.83. The Hall–Kier alpha value is -2.17. The van der Waals surface area contributed by atoms with Crippen LogP contribution in [0.3, 0.4) is 0 Å². The molecule has 0 aliphatic rings. The lowest BCUT2D eigenvalue weighted by Gasteiger charge is -2.28. The summed E-state index contributed by atoms with van der Waals surface area (Å²) in [5.74, 6) is 0.279. The van der Waals surface area contributed by atoms with Gasteiger partial charge in [0.1, 0.15) is 0 Å². The van der Waals surface area contributed by atoms with Crippen molar-refractivity contribution >= 4 is 5.91 Å². The minimum absolute atomic E-state index is 0.0592. The maximum atomic E-state index is 13.4. The molecule has 2 aromatic carbocycles.